The third-order valence-corrected chi connectivity index (χ3v) is 3.82. The molecule has 0 aromatic rings. The summed E-state index contributed by atoms with van der Waals surface area (Å²) in [6.07, 6.45) is 5.35. The smallest absolute Gasteiger partial charge is 0.00125 e. The minimum atomic E-state index is 0.514. The van der Waals surface area contributed by atoms with E-state index in [-0.39, 0.29) is 0 Å². The molecule has 0 aliphatic carbocycles. The molecule has 15 heavy (non-hydrogen) atoms. The van der Waals surface area contributed by atoms with Crippen molar-refractivity contribution in [1.29, 1.82) is 0 Å². The summed E-state index contributed by atoms with van der Waals surface area (Å²) in [5.41, 5.74) is 0.514. The van der Waals surface area contributed by atoms with Crippen molar-refractivity contribution in [2.24, 2.45) is 11.3 Å². The Labute approximate surface area is 97.0 Å². The van der Waals surface area contributed by atoms with Gasteiger partial charge in [-0.2, -0.15) is 0 Å². The lowest BCUT2D eigenvalue weighted by Crippen LogP contribution is -2.40. The van der Waals surface area contributed by atoms with Crippen LogP contribution in [0.1, 0.15) is 67.2 Å². The van der Waals surface area contributed by atoms with Crippen LogP contribution >= 0.6 is 0 Å². The lowest BCUT2D eigenvalue weighted by atomic mass is 9.71. The summed E-state index contributed by atoms with van der Waals surface area (Å²) in [5, 5.41) is 3.63. The number of hydrogen-bond donors (Lipinski definition) is 1. The van der Waals surface area contributed by atoms with Crippen molar-refractivity contribution in [1.82, 2.24) is 5.32 Å². The second kappa shape index (κ2) is 7.27. The van der Waals surface area contributed by atoms with Crippen LogP contribution in [0.25, 0.3) is 0 Å². The van der Waals surface area contributed by atoms with E-state index in [1.54, 1.807) is 0 Å². The predicted molar refractivity (Wildman–Crippen MR) is 70.2 cm³/mol. The highest BCUT2D eigenvalue weighted by atomic mass is 14.9. The van der Waals surface area contributed by atoms with Crippen LogP contribution in [-0.2, 0) is 0 Å². The molecule has 0 saturated heterocycles. The molecule has 0 aliphatic heterocycles. The van der Waals surface area contributed by atoms with E-state index in [1.165, 1.54) is 32.2 Å². The minimum Gasteiger partial charge on any atom is -0.314 e. The summed E-state index contributed by atoms with van der Waals surface area (Å²) >= 11 is 0. The Kier molecular flexibility index (Phi) is 7.25. The molecule has 0 aromatic carbocycles. The van der Waals surface area contributed by atoms with Gasteiger partial charge in [-0.15, -0.1) is 0 Å². The summed E-state index contributed by atoms with van der Waals surface area (Å²) in [5.74, 6) is 0.778. The summed E-state index contributed by atoms with van der Waals surface area (Å²) in [7, 11) is 0. The van der Waals surface area contributed by atoms with Crippen molar-refractivity contribution in [3.63, 3.8) is 0 Å². The van der Waals surface area contributed by atoms with Gasteiger partial charge in [0.2, 0.25) is 0 Å². The predicted octanol–water partition coefficient (Wildman–Crippen LogP) is 4.23. The first-order chi connectivity index (χ1) is 6.98. The Morgan fingerprint density at radius 1 is 1.07 bits per heavy atom. The molecular weight excluding hydrogens is 182 g/mol. The van der Waals surface area contributed by atoms with Crippen molar-refractivity contribution in [2.75, 3.05) is 6.54 Å². The van der Waals surface area contributed by atoms with Crippen LogP contribution < -0.4 is 5.32 Å². The van der Waals surface area contributed by atoms with E-state index in [0.29, 0.717) is 11.5 Å². The van der Waals surface area contributed by atoms with Gasteiger partial charge in [-0.3, -0.25) is 0 Å². The summed E-state index contributed by atoms with van der Waals surface area (Å²) in [4.78, 5) is 0. The van der Waals surface area contributed by atoms with E-state index in [4.69, 9.17) is 0 Å². The Morgan fingerprint density at radius 3 is 2.00 bits per heavy atom. The zero-order chi connectivity index (χ0) is 11.9. The fourth-order valence-corrected chi connectivity index (χ4v) is 2.23. The fourth-order valence-electron chi connectivity index (χ4n) is 2.23. The van der Waals surface area contributed by atoms with Crippen LogP contribution in [0.15, 0.2) is 0 Å². The minimum absolute atomic E-state index is 0.514. The van der Waals surface area contributed by atoms with Gasteiger partial charge >= 0.3 is 0 Å². The average molecular weight is 213 g/mol. The number of nitrogens with one attached hydrogen (secondary N) is 1. The molecule has 0 heterocycles. The van der Waals surface area contributed by atoms with Crippen molar-refractivity contribution in [2.45, 2.75) is 73.3 Å². The topological polar surface area (TPSA) is 12.0 Å². The molecule has 0 aromatic heterocycles. The van der Waals surface area contributed by atoms with Gasteiger partial charge in [-0.25, -0.2) is 0 Å². The van der Waals surface area contributed by atoms with Crippen LogP contribution in [-0.4, -0.2) is 12.6 Å². The summed E-state index contributed by atoms with van der Waals surface area (Å²) in [6, 6.07) is 0.608. The van der Waals surface area contributed by atoms with Gasteiger partial charge < -0.3 is 5.32 Å². The molecule has 0 rings (SSSR count). The lowest BCUT2D eigenvalue weighted by molar-refractivity contribution is 0.148. The number of rotatable bonds is 8. The third-order valence-electron chi connectivity index (χ3n) is 3.82. The normalized spacial score (nSPS) is 16.0. The van der Waals surface area contributed by atoms with Crippen LogP contribution in [0.3, 0.4) is 0 Å². The Hall–Kier alpha value is -0.0400. The van der Waals surface area contributed by atoms with Gasteiger partial charge in [0.1, 0.15) is 0 Å². The van der Waals surface area contributed by atoms with Crippen molar-refractivity contribution < 1.29 is 0 Å². The largest absolute Gasteiger partial charge is 0.314 e. The quantitative estimate of drug-likeness (QED) is 0.636. The molecule has 1 N–H and O–H groups in total. The zero-order valence-electron chi connectivity index (χ0n) is 11.7. The number of hydrogen-bond acceptors (Lipinski definition) is 1. The first kappa shape index (κ1) is 15.0. The van der Waals surface area contributed by atoms with Crippen LogP contribution in [0.5, 0.6) is 0 Å². The van der Waals surface area contributed by atoms with Gasteiger partial charge in [0.05, 0.1) is 0 Å². The van der Waals surface area contributed by atoms with E-state index in [1.807, 2.05) is 0 Å². The Balaban J connectivity index is 4.36. The molecule has 0 radical (unpaired) electrons. The molecule has 0 fully saturated rings. The maximum atomic E-state index is 3.63. The van der Waals surface area contributed by atoms with E-state index in [2.05, 4.69) is 46.9 Å². The van der Waals surface area contributed by atoms with E-state index in [0.717, 1.165) is 5.92 Å². The maximum absolute atomic E-state index is 3.63. The molecule has 0 spiro atoms. The molecule has 0 saturated carbocycles. The maximum Gasteiger partial charge on any atom is 0.00125 e. The molecule has 0 aliphatic rings. The molecule has 0 amide bonds. The molecule has 1 heteroatoms. The van der Waals surface area contributed by atoms with E-state index >= 15 is 0 Å². The van der Waals surface area contributed by atoms with Crippen LogP contribution in [0.4, 0.5) is 0 Å². The first-order valence-corrected chi connectivity index (χ1v) is 6.72. The molecule has 92 valence electrons. The molecule has 1 nitrogen and oxygen atoms in total. The molecular formula is C14H31N. The first-order valence-electron chi connectivity index (χ1n) is 6.72. The zero-order valence-corrected chi connectivity index (χ0v) is 11.7. The molecule has 1 atom stereocenters. The average Bonchev–Trinajstić information content (AvgIpc) is 2.18. The summed E-state index contributed by atoms with van der Waals surface area (Å²) < 4.78 is 0. The van der Waals surface area contributed by atoms with Gasteiger partial charge in [0.25, 0.3) is 0 Å². The Bertz CT molecular complexity index is 151. The third kappa shape index (κ3) is 5.01. The standard InChI is InChI=1S/C14H31N/c1-7-9-10-14(8-2,12(3)4)11-15-13(5)6/h12-13,15H,7-11H2,1-6H3. The van der Waals surface area contributed by atoms with Gasteiger partial charge in [0.15, 0.2) is 0 Å². The fraction of sp³-hybridized carbons (Fsp3) is 1.00. The van der Waals surface area contributed by atoms with Gasteiger partial charge in [-0.1, -0.05) is 54.4 Å². The van der Waals surface area contributed by atoms with Gasteiger partial charge in [0, 0.05) is 12.6 Å². The van der Waals surface area contributed by atoms with Crippen molar-refractivity contribution in [3.05, 3.63) is 0 Å². The highest BCUT2D eigenvalue weighted by Crippen LogP contribution is 2.36. The highest BCUT2D eigenvalue weighted by molar-refractivity contribution is 4.84. The highest BCUT2D eigenvalue weighted by Gasteiger charge is 2.30. The number of unbranched alkanes of at least 4 members (excludes halogenated alkanes) is 1. The van der Waals surface area contributed by atoms with Crippen molar-refractivity contribution in [3.8, 4) is 0 Å². The van der Waals surface area contributed by atoms with Crippen LogP contribution in [0, 0.1) is 11.3 Å². The van der Waals surface area contributed by atoms with E-state index in [9.17, 15) is 0 Å². The molecule has 1 unspecified atom stereocenters. The second-order valence-electron chi connectivity index (χ2n) is 5.51. The van der Waals surface area contributed by atoms with Crippen LogP contribution in [0.2, 0.25) is 0 Å². The van der Waals surface area contributed by atoms with Gasteiger partial charge in [-0.05, 0) is 24.2 Å². The van der Waals surface area contributed by atoms with E-state index < -0.39 is 0 Å². The molecule has 0 bridgehead atoms. The summed E-state index contributed by atoms with van der Waals surface area (Å²) in [6.45, 7) is 15.0. The Morgan fingerprint density at radius 2 is 1.67 bits per heavy atom. The van der Waals surface area contributed by atoms with Crippen molar-refractivity contribution >= 4 is 0 Å². The monoisotopic (exact) mass is 213 g/mol. The lowest BCUT2D eigenvalue weighted by Gasteiger charge is -2.38. The SMILES string of the molecule is CCCCC(CC)(CNC(C)C)C(C)C. The second-order valence-corrected chi connectivity index (χ2v) is 5.51.